The Kier molecular flexibility index (Phi) is 29.5. The van der Waals surface area contributed by atoms with E-state index in [0.717, 1.165) is 4.90 Å². The molecule has 0 saturated heterocycles. The van der Waals surface area contributed by atoms with E-state index in [0.29, 0.717) is 12.8 Å². The van der Waals surface area contributed by atoms with Gasteiger partial charge in [-0.3, -0.25) is 47.9 Å². The van der Waals surface area contributed by atoms with Crippen LogP contribution in [0.1, 0.15) is 122 Å². The van der Waals surface area contributed by atoms with Crippen molar-refractivity contribution in [1.82, 2.24) is 52.8 Å². The van der Waals surface area contributed by atoms with Crippen molar-refractivity contribution in [3.8, 4) is 0 Å². The lowest BCUT2D eigenvalue weighted by Crippen LogP contribution is -2.61. The molecule has 0 aromatic rings. The lowest BCUT2D eigenvalue weighted by Gasteiger charge is -2.35. The minimum Gasteiger partial charge on any atom is -0.481 e. The van der Waals surface area contributed by atoms with E-state index in [-0.39, 0.29) is 37.5 Å². The summed E-state index contributed by atoms with van der Waals surface area (Å²) in [7, 11) is 2.84. The second kappa shape index (κ2) is 32.1. The number of carbonyl (C=O) groups is 11. The third-order valence-corrected chi connectivity index (χ3v) is 12.0. The summed E-state index contributed by atoms with van der Waals surface area (Å²) in [5.41, 5.74) is 0. The van der Waals surface area contributed by atoms with Gasteiger partial charge < -0.3 is 68.1 Å². The lowest BCUT2D eigenvalue weighted by molar-refractivity contribution is -0.146. The van der Waals surface area contributed by atoms with E-state index in [1.807, 2.05) is 13.8 Å². The Morgan fingerprint density at radius 2 is 1.00 bits per heavy atom. The Morgan fingerprint density at radius 1 is 0.521 bits per heavy atom. The van der Waals surface area contributed by atoms with Crippen LogP contribution in [-0.2, 0) is 52.7 Å². The third-order valence-electron chi connectivity index (χ3n) is 12.0. The van der Waals surface area contributed by atoms with Gasteiger partial charge in [0.15, 0.2) is 0 Å². The van der Waals surface area contributed by atoms with Gasteiger partial charge in [-0.05, 0) is 69.7 Å². The Morgan fingerprint density at radius 3 is 1.45 bits per heavy atom. The van der Waals surface area contributed by atoms with Crippen LogP contribution in [0.3, 0.4) is 0 Å². The second-order valence-electron chi connectivity index (χ2n) is 19.4. The zero-order valence-electron chi connectivity index (χ0n) is 44.0. The number of amides is 9. The van der Waals surface area contributed by atoms with Crippen LogP contribution in [0.15, 0.2) is 0 Å². The molecule has 9 amide bonds. The Balaban J connectivity index is 5.90. The summed E-state index contributed by atoms with van der Waals surface area (Å²) >= 11 is 0. The molecule has 406 valence electrons. The van der Waals surface area contributed by atoms with Crippen molar-refractivity contribution in [2.45, 2.75) is 176 Å². The SMILES string of the molecule is CC[C@H](C)[C@H](NC(=O)CNC(=O)[C@H](C)NC(=O)[C@H](CC(C)C)NC(=O)[C@H](CCC(=O)O)NC)C(=O)NCC(=O)N[C@H](C(=O)N(C)[C@@H](CC(C)C)C(=O)N[C@H](C(=O)N[C@H](C(=O)O)C(C)C)[C@@H](C)O)[C@@H](C)CC. The van der Waals surface area contributed by atoms with Crippen LogP contribution < -0.4 is 47.9 Å². The van der Waals surface area contributed by atoms with Crippen LogP contribution in [0.25, 0.3) is 0 Å². The number of rotatable bonds is 33. The highest BCUT2D eigenvalue weighted by Gasteiger charge is 2.38. The van der Waals surface area contributed by atoms with Crippen molar-refractivity contribution in [3.05, 3.63) is 0 Å². The Bertz CT molecular complexity index is 1830. The van der Waals surface area contributed by atoms with Gasteiger partial charge in [-0.25, -0.2) is 4.79 Å². The van der Waals surface area contributed by atoms with Crippen molar-refractivity contribution < 1.29 is 68.1 Å². The molecule has 12 N–H and O–H groups in total. The normalized spacial score (nSPS) is 16.0. The topological polar surface area (TPSA) is 360 Å². The molecule has 0 aliphatic rings. The highest BCUT2D eigenvalue weighted by molar-refractivity contribution is 5.97. The van der Waals surface area contributed by atoms with Gasteiger partial charge in [0, 0.05) is 13.5 Å². The first kappa shape index (κ1) is 65.1. The zero-order valence-corrected chi connectivity index (χ0v) is 44.0. The number of hydrogen-bond donors (Lipinski definition) is 12. The maximum absolute atomic E-state index is 14.2. The maximum Gasteiger partial charge on any atom is 0.326 e. The summed E-state index contributed by atoms with van der Waals surface area (Å²) in [6.45, 7) is 18.7. The average Bonchev–Trinajstić information content (AvgIpc) is 3.28. The van der Waals surface area contributed by atoms with Crippen molar-refractivity contribution in [2.75, 3.05) is 27.2 Å². The van der Waals surface area contributed by atoms with Gasteiger partial charge in [0.25, 0.3) is 0 Å². The van der Waals surface area contributed by atoms with Gasteiger partial charge in [-0.2, -0.15) is 0 Å². The molecule has 0 unspecified atom stereocenters. The van der Waals surface area contributed by atoms with Crippen molar-refractivity contribution in [1.29, 1.82) is 0 Å². The molecule has 0 radical (unpaired) electrons. The number of aliphatic carboxylic acids is 2. The molecule has 0 aliphatic heterocycles. The molecule has 0 fully saturated rings. The number of nitrogens with zero attached hydrogens (tertiary/aromatic N) is 1. The van der Waals surface area contributed by atoms with Gasteiger partial charge in [-0.1, -0.05) is 82.1 Å². The molecule has 0 heterocycles. The second-order valence-corrected chi connectivity index (χ2v) is 19.4. The highest BCUT2D eigenvalue weighted by Crippen LogP contribution is 2.18. The number of aliphatic hydroxyl groups is 1. The number of nitrogens with one attached hydrogen (secondary N) is 9. The van der Waals surface area contributed by atoms with E-state index in [1.54, 1.807) is 55.4 Å². The van der Waals surface area contributed by atoms with Crippen LogP contribution in [-0.4, -0.2) is 167 Å². The largest absolute Gasteiger partial charge is 0.481 e. The first-order chi connectivity index (χ1) is 32.9. The van der Waals surface area contributed by atoms with E-state index in [9.17, 15) is 63.0 Å². The Labute approximate surface area is 417 Å². The summed E-state index contributed by atoms with van der Waals surface area (Å²) in [5, 5.41) is 51.8. The minimum absolute atomic E-state index is 0.0210. The molecule has 11 atom stereocenters. The van der Waals surface area contributed by atoms with E-state index in [4.69, 9.17) is 5.11 Å². The van der Waals surface area contributed by atoms with Crippen molar-refractivity contribution in [2.24, 2.45) is 29.6 Å². The number of aliphatic hydroxyl groups excluding tert-OH is 1. The van der Waals surface area contributed by atoms with Gasteiger partial charge in [-0.15, -0.1) is 0 Å². The lowest BCUT2D eigenvalue weighted by atomic mass is 9.95. The van der Waals surface area contributed by atoms with Crippen molar-refractivity contribution in [3.63, 3.8) is 0 Å². The van der Waals surface area contributed by atoms with Gasteiger partial charge >= 0.3 is 11.9 Å². The summed E-state index contributed by atoms with van der Waals surface area (Å²) in [6.07, 6.45) is -0.642. The number of hydrogen-bond acceptors (Lipinski definition) is 13. The molecule has 71 heavy (non-hydrogen) atoms. The van der Waals surface area contributed by atoms with Crippen molar-refractivity contribution >= 4 is 65.1 Å². The molecule has 0 aromatic carbocycles. The third kappa shape index (κ3) is 23.2. The minimum atomic E-state index is -1.57. The average molecular weight is 1010 g/mol. The van der Waals surface area contributed by atoms with E-state index in [2.05, 4.69) is 47.9 Å². The maximum atomic E-state index is 14.2. The molecule has 0 rings (SSSR count). The van der Waals surface area contributed by atoms with Crippen LogP contribution in [0.5, 0.6) is 0 Å². The highest BCUT2D eigenvalue weighted by atomic mass is 16.4. The number of likely N-dealkylation sites (N-methyl/N-ethyl adjacent to an activating group) is 2. The Hall–Kier alpha value is -5.91. The van der Waals surface area contributed by atoms with Gasteiger partial charge in [0.2, 0.25) is 53.2 Å². The standard InChI is InChI=1S/C47H84N10O14/c1-15-26(9)37(53-33(59)21-49-40(63)28(11)51-42(65)31(19-23(3)4)52-41(64)30(48-13)17-18-35(61)62)44(67)50-22-34(60)54-38(27(10)16-2)46(69)57(14)32(20-24(5)6)43(66)56-39(29(12)58)45(68)55-36(25(7)8)47(70)71/h23-32,36-39,48,58H,15-22H2,1-14H3,(H,49,63)(H,50,67)(H,51,65)(H,52,64)(H,53,59)(H,54,60)(H,55,68)(H,56,66)(H,61,62)(H,70,71)/t26-,27-,28-,29+,30-,31-,32-,36-,37-,38-,39-/m0/s1. The molecule has 0 aliphatic carbocycles. The van der Waals surface area contributed by atoms with Gasteiger partial charge in [0.1, 0.15) is 42.3 Å². The molecular weight excluding hydrogens is 929 g/mol. The summed E-state index contributed by atoms with van der Waals surface area (Å²) in [5.74, 6) is -10.8. The molecule has 0 bridgehead atoms. The molecule has 0 spiro atoms. The van der Waals surface area contributed by atoms with Crippen LogP contribution >= 0.6 is 0 Å². The smallest absolute Gasteiger partial charge is 0.326 e. The fourth-order valence-electron chi connectivity index (χ4n) is 7.13. The van der Waals surface area contributed by atoms with Crippen LogP contribution in [0.4, 0.5) is 0 Å². The molecular formula is C47H84N10O14. The quantitative estimate of drug-likeness (QED) is 0.0365. The summed E-state index contributed by atoms with van der Waals surface area (Å²) < 4.78 is 0. The summed E-state index contributed by atoms with van der Waals surface area (Å²) in [6, 6.07) is -9.58. The molecule has 0 aromatic heterocycles. The number of carbonyl (C=O) groups excluding carboxylic acids is 9. The predicted octanol–water partition coefficient (Wildman–Crippen LogP) is -1.27. The molecule has 0 saturated carbocycles. The van der Waals surface area contributed by atoms with E-state index in [1.165, 1.54) is 27.9 Å². The fraction of sp³-hybridized carbons (Fsp3) is 0.766. The molecule has 24 nitrogen and oxygen atoms in total. The number of carboxylic acids is 2. The van der Waals surface area contributed by atoms with Crippen LogP contribution in [0, 0.1) is 29.6 Å². The fourth-order valence-corrected chi connectivity index (χ4v) is 7.13. The van der Waals surface area contributed by atoms with Crippen LogP contribution in [0.2, 0.25) is 0 Å². The molecule has 24 heteroatoms. The van der Waals surface area contributed by atoms with E-state index < -0.39 is 150 Å². The van der Waals surface area contributed by atoms with Gasteiger partial charge in [0.05, 0.1) is 25.2 Å². The zero-order chi connectivity index (χ0) is 55.0. The predicted molar refractivity (Wildman–Crippen MR) is 262 cm³/mol. The first-order valence-corrected chi connectivity index (χ1v) is 24.4. The first-order valence-electron chi connectivity index (χ1n) is 24.4. The van der Waals surface area contributed by atoms with E-state index >= 15 is 0 Å². The number of carboxylic acid groups (broad SMARTS) is 2. The monoisotopic (exact) mass is 1010 g/mol. The summed E-state index contributed by atoms with van der Waals surface area (Å²) in [4.78, 5) is 144.